The highest BCUT2D eigenvalue weighted by Crippen LogP contribution is 2.63. The summed E-state index contributed by atoms with van der Waals surface area (Å²) >= 11 is 0. The van der Waals surface area contributed by atoms with E-state index in [-0.39, 0.29) is 22.7 Å². The molecule has 6 atom stereocenters. The van der Waals surface area contributed by atoms with Crippen molar-refractivity contribution < 1.29 is 14.6 Å². The molecule has 0 aromatic heterocycles. The van der Waals surface area contributed by atoms with Gasteiger partial charge in [-0.3, -0.25) is 4.79 Å². The van der Waals surface area contributed by atoms with E-state index in [2.05, 4.69) is 26.0 Å². The molecule has 124 valence electrons. The Morgan fingerprint density at radius 1 is 1.30 bits per heavy atom. The van der Waals surface area contributed by atoms with Crippen molar-refractivity contribution in [1.29, 1.82) is 0 Å². The lowest BCUT2D eigenvalue weighted by molar-refractivity contribution is -0.131. The van der Waals surface area contributed by atoms with Gasteiger partial charge in [0.1, 0.15) is 11.9 Å². The van der Waals surface area contributed by atoms with E-state index in [4.69, 9.17) is 4.74 Å². The third kappa shape index (κ3) is 1.89. The van der Waals surface area contributed by atoms with Gasteiger partial charge in [0.25, 0.3) is 0 Å². The number of Topliss-reactive ketones (excluding diaryl/α,β-unsaturated/α-hetero) is 1. The number of aliphatic hydroxyl groups excluding tert-OH is 1. The first-order valence-corrected chi connectivity index (χ1v) is 8.76. The van der Waals surface area contributed by atoms with Crippen LogP contribution in [-0.2, 0) is 9.53 Å². The van der Waals surface area contributed by atoms with Crippen LogP contribution in [0.5, 0.6) is 0 Å². The summed E-state index contributed by atoms with van der Waals surface area (Å²) in [6.07, 6.45) is 11.9. The minimum atomic E-state index is -0.225. The maximum absolute atomic E-state index is 12.5. The SMILES string of the molecule is CO[C@@H]1C(=O)C[C@H]2[C@@H]3CC=C4C=C(O)C=C[C@]4(C)[C@H]3CC[C@]12C. The Morgan fingerprint density at radius 3 is 2.83 bits per heavy atom. The third-order valence-electron chi connectivity index (χ3n) is 7.33. The molecule has 0 bridgehead atoms. The van der Waals surface area contributed by atoms with Crippen molar-refractivity contribution in [3.05, 3.63) is 35.6 Å². The maximum atomic E-state index is 12.5. The number of ether oxygens (including phenoxy) is 1. The van der Waals surface area contributed by atoms with Crippen molar-refractivity contribution in [2.24, 2.45) is 28.6 Å². The molecule has 0 amide bonds. The largest absolute Gasteiger partial charge is 0.508 e. The molecule has 1 N–H and O–H groups in total. The summed E-state index contributed by atoms with van der Waals surface area (Å²) in [5.41, 5.74) is 1.23. The van der Waals surface area contributed by atoms with Gasteiger partial charge in [0.05, 0.1) is 0 Å². The van der Waals surface area contributed by atoms with Crippen molar-refractivity contribution in [2.45, 2.75) is 45.6 Å². The first-order valence-electron chi connectivity index (χ1n) is 8.76. The van der Waals surface area contributed by atoms with E-state index in [1.54, 1.807) is 7.11 Å². The molecule has 4 aliphatic rings. The van der Waals surface area contributed by atoms with Gasteiger partial charge in [-0.25, -0.2) is 0 Å². The monoisotopic (exact) mass is 314 g/mol. The molecule has 0 heterocycles. The molecule has 4 aliphatic carbocycles. The van der Waals surface area contributed by atoms with Gasteiger partial charge in [0.2, 0.25) is 0 Å². The predicted molar refractivity (Wildman–Crippen MR) is 88.9 cm³/mol. The summed E-state index contributed by atoms with van der Waals surface area (Å²) in [6, 6.07) is 0. The van der Waals surface area contributed by atoms with E-state index in [9.17, 15) is 9.90 Å². The Kier molecular flexibility index (Phi) is 3.19. The fourth-order valence-electron chi connectivity index (χ4n) is 6.11. The number of methoxy groups -OCH3 is 1. The maximum Gasteiger partial charge on any atom is 0.162 e. The second-order valence-corrected chi connectivity index (χ2v) is 8.29. The molecule has 0 unspecified atom stereocenters. The standard InChI is InChI=1S/C20H26O3/c1-19-8-6-13(21)10-12(19)4-5-14-15(19)7-9-20(2)16(14)11-17(22)18(20)23-3/h4,6,8,10,14-16,18,21H,5,7,9,11H2,1-3H3/t14-,15+,16+,18-,19+,20+/m1/s1. The van der Waals surface area contributed by atoms with Crippen LogP contribution in [0.15, 0.2) is 35.6 Å². The predicted octanol–water partition coefficient (Wildman–Crippen LogP) is 3.97. The number of hydrogen-bond acceptors (Lipinski definition) is 3. The highest BCUT2D eigenvalue weighted by Gasteiger charge is 2.60. The number of ketones is 1. The van der Waals surface area contributed by atoms with Crippen LogP contribution in [0.25, 0.3) is 0 Å². The lowest BCUT2D eigenvalue weighted by atomic mass is 9.49. The molecule has 2 fully saturated rings. The number of rotatable bonds is 1. The van der Waals surface area contributed by atoms with Crippen molar-refractivity contribution in [1.82, 2.24) is 0 Å². The van der Waals surface area contributed by atoms with E-state index < -0.39 is 0 Å². The molecule has 0 radical (unpaired) electrons. The van der Waals surface area contributed by atoms with Gasteiger partial charge in [0, 0.05) is 24.4 Å². The summed E-state index contributed by atoms with van der Waals surface area (Å²) in [5, 5.41) is 9.82. The fraction of sp³-hybridized carbons (Fsp3) is 0.650. The smallest absolute Gasteiger partial charge is 0.162 e. The number of carbonyl (C=O) groups is 1. The number of fused-ring (bicyclic) bond motifs is 5. The second kappa shape index (κ2) is 4.83. The van der Waals surface area contributed by atoms with E-state index in [0.717, 1.165) is 19.3 Å². The number of allylic oxidation sites excluding steroid dienone is 5. The minimum absolute atomic E-state index is 0.00887. The topological polar surface area (TPSA) is 46.5 Å². The molecule has 23 heavy (non-hydrogen) atoms. The third-order valence-corrected chi connectivity index (χ3v) is 7.33. The quantitative estimate of drug-likeness (QED) is 0.796. The van der Waals surface area contributed by atoms with Crippen molar-refractivity contribution in [3.8, 4) is 0 Å². The summed E-state index contributed by atoms with van der Waals surface area (Å²) in [7, 11) is 1.68. The zero-order chi connectivity index (χ0) is 16.4. The van der Waals surface area contributed by atoms with Crippen LogP contribution < -0.4 is 0 Å². The van der Waals surface area contributed by atoms with Gasteiger partial charge in [-0.2, -0.15) is 0 Å². The van der Waals surface area contributed by atoms with Gasteiger partial charge >= 0.3 is 0 Å². The van der Waals surface area contributed by atoms with Gasteiger partial charge in [-0.15, -0.1) is 0 Å². The van der Waals surface area contributed by atoms with Crippen molar-refractivity contribution >= 4 is 5.78 Å². The van der Waals surface area contributed by atoms with E-state index in [1.807, 2.05) is 12.2 Å². The van der Waals surface area contributed by atoms with Crippen molar-refractivity contribution in [2.75, 3.05) is 7.11 Å². The Balaban J connectivity index is 1.73. The van der Waals surface area contributed by atoms with Crippen LogP contribution in [-0.4, -0.2) is 24.1 Å². The van der Waals surface area contributed by atoms with Crippen LogP contribution in [0.2, 0.25) is 0 Å². The number of hydrogen-bond donors (Lipinski definition) is 1. The normalized spacial score (nSPS) is 48.2. The molecular formula is C20H26O3. The van der Waals surface area contributed by atoms with Crippen LogP contribution in [0.1, 0.15) is 39.5 Å². The second-order valence-electron chi connectivity index (χ2n) is 8.29. The summed E-state index contributed by atoms with van der Waals surface area (Å²) < 4.78 is 5.60. The van der Waals surface area contributed by atoms with Crippen molar-refractivity contribution in [3.63, 3.8) is 0 Å². The molecule has 0 aromatic rings. The van der Waals surface area contributed by atoms with Gasteiger partial charge in [-0.1, -0.05) is 26.0 Å². The van der Waals surface area contributed by atoms with Gasteiger partial charge < -0.3 is 9.84 Å². The first kappa shape index (κ1) is 15.2. The Bertz CT molecular complexity index is 643. The average Bonchev–Trinajstić information content (AvgIpc) is 2.77. The molecule has 0 saturated heterocycles. The number of carbonyl (C=O) groups excluding carboxylic acids is 1. The highest BCUT2D eigenvalue weighted by molar-refractivity contribution is 5.87. The van der Waals surface area contributed by atoms with E-state index in [1.165, 1.54) is 5.57 Å². The van der Waals surface area contributed by atoms with Gasteiger partial charge in [-0.05, 0) is 54.7 Å². The fourth-order valence-corrected chi connectivity index (χ4v) is 6.11. The van der Waals surface area contributed by atoms with Crippen LogP contribution in [0.3, 0.4) is 0 Å². The molecule has 0 aliphatic heterocycles. The van der Waals surface area contributed by atoms with Crippen LogP contribution in [0.4, 0.5) is 0 Å². The molecule has 3 heteroatoms. The molecule has 2 saturated carbocycles. The van der Waals surface area contributed by atoms with Gasteiger partial charge in [0.15, 0.2) is 5.78 Å². The lowest BCUT2D eigenvalue weighted by Crippen LogP contribution is -2.49. The molecule has 4 rings (SSSR count). The molecule has 0 aromatic carbocycles. The zero-order valence-corrected chi connectivity index (χ0v) is 14.2. The Hall–Kier alpha value is -1.35. The number of aliphatic hydroxyl groups is 1. The average molecular weight is 314 g/mol. The minimum Gasteiger partial charge on any atom is -0.508 e. The summed E-state index contributed by atoms with van der Waals surface area (Å²) in [6.45, 7) is 4.55. The summed E-state index contributed by atoms with van der Waals surface area (Å²) in [5.74, 6) is 2.14. The van der Waals surface area contributed by atoms with E-state index >= 15 is 0 Å². The van der Waals surface area contributed by atoms with Crippen LogP contribution in [0, 0.1) is 28.6 Å². The molecule has 3 nitrogen and oxygen atoms in total. The summed E-state index contributed by atoms with van der Waals surface area (Å²) in [4.78, 5) is 12.5. The first-order chi connectivity index (χ1) is 10.9. The highest BCUT2D eigenvalue weighted by atomic mass is 16.5. The molecular weight excluding hydrogens is 288 g/mol. The van der Waals surface area contributed by atoms with E-state index in [0.29, 0.717) is 29.9 Å². The molecule has 0 spiro atoms. The Labute approximate surface area is 138 Å². The van der Waals surface area contributed by atoms with Crippen LogP contribution >= 0.6 is 0 Å². The lowest BCUT2D eigenvalue weighted by Gasteiger charge is -2.55. The zero-order valence-electron chi connectivity index (χ0n) is 14.2. The Morgan fingerprint density at radius 2 is 2.09 bits per heavy atom.